The predicted molar refractivity (Wildman–Crippen MR) is 146 cm³/mol. The zero-order valence-electron chi connectivity index (χ0n) is 22.1. The summed E-state index contributed by atoms with van der Waals surface area (Å²) in [6.45, 7) is 3.40. The largest absolute Gasteiger partial charge is 0.434 e. The third-order valence-electron chi connectivity index (χ3n) is 6.52. The number of nitrogens with zero attached hydrogens (tertiary/aromatic N) is 5. The highest BCUT2D eigenvalue weighted by atomic mass is 35.5. The van der Waals surface area contributed by atoms with Crippen LogP contribution in [0.1, 0.15) is 61.6 Å². The standard InChI is InChI=1S/C27H32ClF2N7O2/c1-4-6-16(2)13-19(9-10-31)37-15-21(24(35-37)20-14-18(28)7-8-22(20)39-27(29)30)33-26(38)23-17(3)34-36-12-5-11-32-25(23)36/h5,7-8,11-12,14-16,19,27H,4,6,9-10,13,31H2,1-3H3,(H,33,38). The number of ether oxygens (including phenoxy) is 1. The molecule has 2 unspecified atom stereocenters. The van der Waals surface area contributed by atoms with Crippen LogP contribution in [0.5, 0.6) is 5.75 Å². The lowest BCUT2D eigenvalue weighted by Crippen LogP contribution is -2.17. The van der Waals surface area contributed by atoms with Crippen LogP contribution >= 0.6 is 11.6 Å². The lowest BCUT2D eigenvalue weighted by molar-refractivity contribution is -0.0494. The van der Waals surface area contributed by atoms with Crippen LogP contribution in [0.2, 0.25) is 5.02 Å². The number of carbonyl (C=O) groups is 1. The highest BCUT2D eigenvalue weighted by Crippen LogP contribution is 2.38. The Kier molecular flexibility index (Phi) is 9.13. The Bertz CT molecular complexity index is 1440. The third kappa shape index (κ3) is 6.54. The van der Waals surface area contributed by atoms with Crippen LogP contribution < -0.4 is 15.8 Å². The molecule has 3 N–H and O–H groups in total. The van der Waals surface area contributed by atoms with Crippen molar-refractivity contribution in [1.82, 2.24) is 24.4 Å². The van der Waals surface area contributed by atoms with Gasteiger partial charge in [-0.25, -0.2) is 9.50 Å². The Morgan fingerprint density at radius 3 is 2.77 bits per heavy atom. The maximum absolute atomic E-state index is 13.6. The summed E-state index contributed by atoms with van der Waals surface area (Å²) in [5.41, 5.74) is 7.88. The molecule has 0 radical (unpaired) electrons. The summed E-state index contributed by atoms with van der Waals surface area (Å²) in [6, 6.07) is 5.94. The van der Waals surface area contributed by atoms with Gasteiger partial charge in [0.15, 0.2) is 5.65 Å². The quantitative estimate of drug-likeness (QED) is 0.216. The lowest BCUT2D eigenvalue weighted by Gasteiger charge is -2.21. The molecular weight excluding hydrogens is 528 g/mol. The first-order valence-corrected chi connectivity index (χ1v) is 13.2. The topological polar surface area (TPSA) is 112 Å². The molecule has 4 rings (SSSR count). The molecule has 0 saturated carbocycles. The van der Waals surface area contributed by atoms with Crippen molar-refractivity contribution >= 4 is 28.8 Å². The van der Waals surface area contributed by atoms with Crippen molar-refractivity contribution in [3.05, 3.63) is 59.1 Å². The van der Waals surface area contributed by atoms with E-state index < -0.39 is 12.5 Å². The van der Waals surface area contributed by atoms with Crippen LogP contribution in [0.15, 0.2) is 42.9 Å². The molecule has 1 amide bonds. The SMILES string of the molecule is CCCC(C)CC(CCN)n1cc(NC(=O)c2c(C)nn3cccnc23)c(-c2cc(Cl)ccc2OC(F)F)n1. The molecule has 1 aromatic carbocycles. The van der Waals surface area contributed by atoms with Gasteiger partial charge in [-0.15, -0.1) is 0 Å². The van der Waals surface area contributed by atoms with E-state index in [0.29, 0.717) is 46.5 Å². The van der Waals surface area contributed by atoms with Gasteiger partial charge >= 0.3 is 6.61 Å². The lowest BCUT2D eigenvalue weighted by atomic mass is 9.95. The van der Waals surface area contributed by atoms with E-state index in [4.69, 9.17) is 27.2 Å². The van der Waals surface area contributed by atoms with Crippen molar-refractivity contribution in [2.45, 2.75) is 59.1 Å². The fraction of sp³-hybridized carbons (Fsp3) is 0.407. The van der Waals surface area contributed by atoms with E-state index in [1.54, 1.807) is 36.3 Å². The molecule has 9 nitrogen and oxygen atoms in total. The van der Waals surface area contributed by atoms with E-state index >= 15 is 0 Å². The minimum atomic E-state index is -3.06. The number of fused-ring (bicyclic) bond motifs is 1. The smallest absolute Gasteiger partial charge is 0.387 e. The summed E-state index contributed by atoms with van der Waals surface area (Å²) in [4.78, 5) is 17.8. The second-order valence-corrected chi connectivity index (χ2v) is 9.99. The molecule has 0 aliphatic rings. The third-order valence-corrected chi connectivity index (χ3v) is 6.76. The van der Waals surface area contributed by atoms with E-state index in [-0.39, 0.29) is 23.0 Å². The molecule has 2 atom stereocenters. The highest BCUT2D eigenvalue weighted by Gasteiger charge is 2.25. The van der Waals surface area contributed by atoms with Crippen LogP contribution in [0.25, 0.3) is 16.9 Å². The average Bonchev–Trinajstić information content (AvgIpc) is 3.44. The monoisotopic (exact) mass is 559 g/mol. The van der Waals surface area contributed by atoms with Crippen LogP contribution in [0, 0.1) is 12.8 Å². The van der Waals surface area contributed by atoms with Gasteiger partial charge in [0.05, 0.1) is 17.4 Å². The summed E-state index contributed by atoms with van der Waals surface area (Å²) >= 11 is 6.25. The van der Waals surface area contributed by atoms with Gasteiger partial charge in [-0.2, -0.15) is 19.0 Å². The molecule has 4 aromatic rings. The fourth-order valence-corrected chi connectivity index (χ4v) is 5.00. The van der Waals surface area contributed by atoms with Crippen molar-refractivity contribution < 1.29 is 18.3 Å². The molecular formula is C27H32ClF2N7O2. The maximum atomic E-state index is 13.6. The Hall–Kier alpha value is -3.57. The zero-order chi connectivity index (χ0) is 28.1. The van der Waals surface area contributed by atoms with Gasteiger partial charge in [0, 0.05) is 29.2 Å². The van der Waals surface area contributed by atoms with Gasteiger partial charge in [-0.1, -0.05) is 38.3 Å². The zero-order valence-corrected chi connectivity index (χ0v) is 22.8. The van der Waals surface area contributed by atoms with Crippen LogP contribution in [-0.4, -0.2) is 43.4 Å². The number of benzene rings is 1. The average molecular weight is 560 g/mol. The van der Waals surface area contributed by atoms with Crippen LogP contribution in [-0.2, 0) is 0 Å². The van der Waals surface area contributed by atoms with Crippen molar-refractivity contribution in [2.75, 3.05) is 11.9 Å². The molecule has 0 aliphatic heterocycles. The number of nitrogens with two attached hydrogens (primary N) is 1. The number of nitrogens with one attached hydrogen (secondary N) is 1. The minimum Gasteiger partial charge on any atom is -0.434 e. The number of hydrogen-bond donors (Lipinski definition) is 2. The van der Waals surface area contributed by atoms with Gasteiger partial charge in [0.1, 0.15) is 17.0 Å². The van der Waals surface area contributed by atoms with E-state index in [9.17, 15) is 13.6 Å². The van der Waals surface area contributed by atoms with E-state index in [1.165, 1.54) is 22.7 Å². The summed E-state index contributed by atoms with van der Waals surface area (Å²) < 4.78 is 34.6. The minimum absolute atomic E-state index is 0.0695. The molecule has 3 aromatic heterocycles. The summed E-state index contributed by atoms with van der Waals surface area (Å²) in [6.07, 6.45) is 8.53. The molecule has 0 aliphatic carbocycles. The number of halogens is 3. The van der Waals surface area contributed by atoms with Gasteiger partial charge in [-0.05, 0) is 56.5 Å². The van der Waals surface area contributed by atoms with Crippen molar-refractivity contribution in [3.63, 3.8) is 0 Å². The number of rotatable bonds is 12. The first-order chi connectivity index (χ1) is 18.7. The van der Waals surface area contributed by atoms with Gasteiger partial charge in [-0.3, -0.25) is 9.48 Å². The molecule has 0 saturated heterocycles. The van der Waals surface area contributed by atoms with Crippen molar-refractivity contribution in [1.29, 1.82) is 0 Å². The van der Waals surface area contributed by atoms with Gasteiger partial charge in [0.2, 0.25) is 0 Å². The second-order valence-electron chi connectivity index (χ2n) is 9.55. The second kappa shape index (κ2) is 12.5. The van der Waals surface area contributed by atoms with Crippen molar-refractivity contribution in [2.24, 2.45) is 11.7 Å². The number of amides is 1. The summed E-state index contributed by atoms with van der Waals surface area (Å²) in [5, 5.41) is 12.3. The number of anilines is 1. The van der Waals surface area contributed by atoms with Gasteiger partial charge < -0.3 is 15.8 Å². The number of aryl methyl sites for hydroxylation is 1. The Morgan fingerprint density at radius 1 is 1.26 bits per heavy atom. The predicted octanol–water partition coefficient (Wildman–Crippen LogP) is 6.12. The number of hydrogen-bond acceptors (Lipinski definition) is 6. The van der Waals surface area contributed by atoms with Crippen LogP contribution in [0.3, 0.4) is 0 Å². The first-order valence-electron chi connectivity index (χ1n) is 12.9. The van der Waals surface area contributed by atoms with Crippen molar-refractivity contribution in [3.8, 4) is 17.0 Å². The summed E-state index contributed by atoms with van der Waals surface area (Å²) in [5.74, 6) is -0.164. The molecule has 0 bridgehead atoms. The molecule has 0 spiro atoms. The fourth-order valence-electron chi connectivity index (χ4n) is 4.83. The number of alkyl halides is 2. The van der Waals surface area contributed by atoms with Gasteiger partial charge in [0.25, 0.3) is 5.91 Å². The molecule has 208 valence electrons. The Balaban J connectivity index is 1.81. The molecule has 3 heterocycles. The Labute approximate surface area is 230 Å². The normalized spacial score (nSPS) is 13.1. The molecule has 39 heavy (non-hydrogen) atoms. The number of aromatic nitrogens is 5. The maximum Gasteiger partial charge on any atom is 0.387 e. The number of carbonyl (C=O) groups excluding carboxylic acids is 1. The van der Waals surface area contributed by atoms with E-state index in [1.807, 2.05) is 0 Å². The van der Waals surface area contributed by atoms with E-state index in [2.05, 4.69) is 29.2 Å². The van der Waals surface area contributed by atoms with Crippen LogP contribution in [0.4, 0.5) is 14.5 Å². The molecule has 12 heteroatoms. The Morgan fingerprint density at radius 2 is 2.05 bits per heavy atom. The summed E-state index contributed by atoms with van der Waals surface area (Å²) in [7, 11) is 0. The molecule has 0 fully saturated rings. The highest BCUT2D eigenvalue weighted by molar-refractivity contribution is 6.31. The van der Waals surface area contributed by atoms with E-state index in [0.717, 1.165) is 19.3 Å². The first kappa shape index (κ1) is 28.4.